The van der Waals surface area contributed by atoms with Crippen LogP contribution in [0.4, 0.5) is 0 Å². The van der Waals surface area contributed by atoms with Gasteiger partial charge in [-0.25, -0.2) is 0 Å². The maximum absolute atomic E-state index is 12.5. The molecule has 2 aromatic rings. The number of amides is 2. The second kappa shape index (κ2) is 9.55. The van der Waals surface area contributed by atoms with Gasteiger partial charge in [0.25, 0.3) is 5.91 Å². The summed E-state index contributed by atoms with van der Waals surface area (Å²) in [6.45, 7) is 5.82. The fourth-order valence-corrected chi connectivity index (χ4v) is 5.41. The van der Waals surface area contributed by atoms with Crippen LogP contribution in [0.1, 0.15) is 39.5 Å². The number of piperidine rings is 1. The van der Waals surface area contributed by atoms with Gasteiger partial charge in [-0.05, 0) is 44.7 Å². The molecule has 1 fully saturated rings. The average molecular weight is 406 g/mol. The van der Waals surface area contributed by atoms with Crippen molar-refractivity contribution >= 4 is 45.1 Å². The quantitative estimate of drug-likeness (QED) is 0.737. The first-order valence-corrected chi connectivity index (χ1v) is 11.6. The van der Waals surface area contributed by atoms with Gasteiger partial charge in [-0.2, -0.15) is 4.99 Å². The molecule has 0 bridgehead atoms. The van der Waals surface area contributed by atoms with Crippen LogP contribution in [-0.4, -0.2) is 45.4 Å². The van der Waals surface area contributed by atoms with Crippen LogP contribution in [0.3, 0.4) is 0 Å². The minimum atomic E-state index is -0.174. The summed E-state index contributed by atoms with van der Waals surface area (Å²) in [6.07, 6.45) is 4.40. The molecule has 1 aromatic heterocycles. The summed E-state index contributed by atoms with van der Waals surface area (Å²) < 4.78 is 3.19. The molecule has 1 saturated heterocycles. The third-order valence-corrected chi connectivity index (χ3v) is 6.96. The van der Waals surface area contributed by atoms with E-state index in [-0.39, 0.29) is 17.6 Å². The van der Waals surface area contributed by atoms with E-state index < -0.39 is 0 Å². The van der Waals surface area contributed by atoms with E-state index in [4.69, 9.17) is 0 Å². The number of carbonyl (C=O) groups excluding carboxylic acids is 2. The number of hydrogen-bond acceptors (Lipinski definition) is 4. The van der Waals surface area contributed by atoms with Gasteiger partial charge in [0.2, 0.25) is 5.91 Å². The van der Waals surface area contributed by atoms with Crippen LogP contribution < -0.4 is 4.80 Å². The predicted octanol–water partition coefficient (Wildman–Crippen LogP) is 3.67. The average Bonchev–Trinajstić information content (AvgIpc) is 3.04. The van der Waals surface area contributed by atoms with Crippen molar-refractivity contribution in [2.75, 3.05) is 18.1 Å². The molecule has 0 aliphatic carbocycles. The monoisotopic (exact) mass is 405 g/mol. The summed E-state index contributed by atoms with van der Waals surface area (Å²) in [7, 11) is 0. The van der Waals surface area contributed by atoms with Gasteiger partial charge in [-0.3, -0.25) is 9.59 Å². The van der Waals surface area contributed by atoms with Crippen molar-refractivity contribution in [3.05, 3.63) is 29.1 Å². The van der Waals surface area contributed by atoms with Crippen LogP contribution in [-0.2, 0) is 16.1 Å². The highest BCUT2D eigenvalue weighted by molar-refractivity contribution is 8.00. The van der Waals surface area contributed by atoms with E-state index in [2.05, 4.69) is 29.5 Å². The third kappa shape index (κ3) is 4.82. The maximum atomic E-state index is 12.5. The largest absolute Gasteiger partial charge is 0.339 e. The molecular formula is C20H27N3O2S2. The molecule has 2 amide bonds. The highest BCUT2D eigenvalue weighted by Gasteiger charge is 2.25. The van der Waals surface area contributed by atoms with Gasteiger partial charge in [0, 0.05) is 19.1 Å². The summed E-state index contributed by atoms with van der Waals surface area (Å²) in [6, 6.07) is 8.46. The number of aromatic nitrogens is 1. The van der Waals surface area contributed by atoms with Crippen LogP contribution in [0.15, 0.2) is 29.3 Å². The fourth-order valence-electron chi connectivity index (χ4n) is 3.61. The molecular weight excluding hydrogens is 378 g/mol. The van der Waals surface area contributed by atoms with Crippen molar-refractivity contribution in [3.8, 4) is 0 Å². The zero-order valence-electron chi connectivity index (χ0n) is 16.0. The number of thioether (sulfide) groups is 1. The molecule has 1 atom stereocenters. The van der Waals surface area contributed by atoms with E-state index in [1.807, 2.05) is 23.1 Å². The topological polar surface area (TPSA) is 54.7 Å². The number of benzene rings is 1. The van der Waals surface area contributed by atoms with Crippen LogP contribution in [0.2, 0.25) is 0 Å². The molecule has 0 unspecified atom stereocenters. The van der Waals surface area contributed by atoms with Gasteiger partial charge in [0.1, 0.15) is 0 Å². The number of thiazole rings is 1. The van der Waals surface area contributed by atoms with E-state index in [1.165, 1.54) is 29.5 Å². The van der Waals surface area contributed by atoms with Crippen molar-refractivity contribution in [3.63, 3.8) is 0 Å². The highest BCUT2D eigenvalue weighted by Crippen LogP contribution is 2.20. The molecule has 1 aliphatic heterocycles. The van der Waals surface area contributed by atoms with Crippen LogP contribution in [0, 0.1) is 0 Å². The number of hydrogen-bond donors (Lipinski definition) is 0. The highest BCUT2D eigenvalue weighted by atomic mass is 32.2. The lowest BCUT2D eigenvalue weighted by Gasteiger charge is -2.35. The van der Waals surface area contributed by atoms with Crippen LogP contribution in [0.5, 0.6) is 0 Å². The van der Waals surface area contributed by atoms with Crippen molar-refractivity contribution < 1.29 is 9.59 Å². The molecule has 7 heteroatoms. The van der Waals surface area contributed by atoms with Crippen molar-refractivity contribution in [1.29, 1.82) is 0 Å². The molecule has 3 rings (SSSR count). The smallest absolute Gasteiger partial charge is 0.258 e. The minimum Gasteiger partial charge on any atom is -0.339 e. The molecule has 0 radical (unpaired) electrons. The predicted molar refractivity (Wildman–Crippen MR) is 113 cm³/mol. The summed E-state index contributed by atoms with van der Waals surface area (Å²) >= 11 is 2.91. The second-order valence-electron chi connectivity index (χ2n) is 6.74. The summed E-state index contributed by atoms with van der Waals surface area (Å²) in [5.74, 6) is 0.587. The number of rotatable bonds is 6. The molecule has 146 valence electrons. The Morgan fingerprint density at radius 3 is 2.81 bits per heavy atom. The second-order valence-corrected chi connectivity index (χ2v) is 8.73. The normalized spacial score (nSPS) is 18.2. The van der Waals surface area contributed by atoms with Crippen molar-refractivity contribution in [2.24, 2.45) is 4.99 Å². The Bertz CT molecular complexity index is 871. The number of para-hydroxylation sites is 1. The number of likely N-dealkylation sites (tertiary alicyclic amines) is 1. The summed E-state index contributed by atoms with van der Waals surface area (Å²) in [5, 5.41) is 0. The minimum absolute atomic E-state index is 0.157. The fraction of sp³-hybridized carbons (Fsp3) is 0.550. The van der Waals surface area contributed by atoms with E-state index >= 15 is 0 Å². The first-order chi connectivity index (χ1) is 13.1. The first-order valence-electron chi connectivity index (χ1n) is 9.67. The molecule has 0 spiro atoms. The van der Waals surface area contributed by atoms with Gasteiger partial charge < -0.3 is 9.47 Å². The van der Waals surface area contributed by atoms with Crippen LogP contribution in [0.25, 0.3) is 10.2 Å². The Balaban J connectivity index is 1.60. The molecule has 1 aromatic carbocycles. The molecule has 2 heterocycles. The molecule has 27 heavy (non-hydrogen) atoms. The van der Waals surface area contributed by atoms with E-state index in [9.17, 15) is 9.59 Å². The Labute approximate surface area is 168 Å². The molecule has 5 nitrogen and oxygen atoms in total. The Morgan fingerprint density at radius 2 is 2.04 bits per heavy atom. The zero-order chi connectivity index (χ0) is 19.2. The summed E-state index contributed by atoms with van der Waals surface area (Å²) in [5.41, 5.74) is 1.11. The lowest BCUT2D eigenvalue weighted by atomic mass is 10.0. The van der Waals surface area contributed by atoms with Gasteiger partial charge in [-0.1, -0.05) is 30.4 Å². The Morgan fingerprint density at radius 1 is 1.22 bits per heavy atom. The molecule has 0 saturated carbocycles. The Hall–Kier alpha value is -1.60. The number of nitrogens with zero attached hydrogens (tertiary/aromatic N) is 3. The number of fused-ring (bicyclic) bond motifs is 1. The molecule has 1 aliphatic rings. The van der Waals surface area contributed by atoms with Gasteiger partial charge in [0.15, 0.2) is 4.80 Å². The number of carbonyl (C=O) groups is 2. The molecule has 0 N–H and O–H groups in total. The maximum Gasteiger partial charge on any atom is 0.258 e. The number of aryl methyl sites for hydroxylation is 1. The third-order valence-electron chi connectivity index (χ3n) is 4.99. The van der Waals surface area contributed by atoms with Gasteiger partial charge in [-0.15, -0.1) is 11.8 Å². The van der Waals surface area contributed by atoms with Gasteiger partial charge in [0.05, 0.1) is 21.7 Å². The van der Waals surface area contributed by atoms with Crippen molar-refractivity contribution in [1.82, 2.24) is 9.47 Å². The van der Waals surface area contributed by atoms with Gasteiger partial charge >= 0.3 is 0 Å². The summed E-state index contributed by atoms with van der Waals surface area (Å²) in [4.78, 5) is 31.9. The van der Waals surface area contributed by atoms with E-state index in [0.29, 0.717) is 11.8 Å². The lowest BCUT2D eigenvalue weighted by molar-refractivity contribution is -0.132. The zero-order valence-corrected chi connectivity index (χ0v) is 17.7. The standard InChI is InChI=1S/C20H27N3O2S2/c1-3-15-9-7-8-12-23(15)19(25)14-26-13-18(24)21-20-22(4-2)16-10-5-6-11-17(16)27-20/h5-6,10-11,15H,3-4,7-9,12-14H2,1-2H3/t15-/m1/s1. The lowest BCUT2D eigenvalue weighted by Crippen LogP contribution is -2.44. The SMILES string of the molecule is CC[C@@H]1CCCCN1C(=O)CSCC(=O)N=c1sc2ccccc2n1CC. The first kappa shape index (κ1) is 20.1. The van der Waals surface area contributed by atoms with E-state index in [1.54, 1.807) is 0 Å². The Kier molecular flexibility index (Phi) is 7.13. The van der Waals surface area contributed by atoms with E-state index in [0.717, 1.165) is 47.4 Å². The van der Waals surface area contributed by atoms with Crippen LogP contribution >= 0.6 is 23.1 Å². The van der Waals surface area contributed by atoms with Crippen molar-refractivity contribution in [2.45, 2.75) is 52.1 Å².